The third kappa shape index (κ3) is 5.46. The Hall–Kier alpha value is -3.10. The molecular formula is C24H28ClN5O3. The summed E-state index contributed by atoms with van der Waals surface area (Å²) in [5, 5.41) is 3.33. The number of nitrogens with one attached hydrogen (secondary N) is 1. The van der Waals surface area contributed by atoms with Gasteiger partial charge in [0.25, 0.3) is 5.91 Å². The van der Waals surface area contributed by atoms with Gasteiger partial charge in [0.15, 0.2) is 6.61 Å². The number of nitrogens with zero attached hydrogens (tertiary/aromatic N) is 4. The third-order valence-electron chi connectivity index (χ3n) is 5.81. The van der Waals surface area contributed by atoms with Crippen LogP contribution in [0, 0.1) is 0 Å². The molecule has 0 bridgehead atoms. The molecule has 1 fully saturated rings. The Balaban J connectivity index is 1.41. The van der Waals surface area contributed by atoms with Gasteiger partial charge in [0.05, 0.1) is 22.6 Å². The van der Waals surface area contributed by atoms with Crippen LogP contribution in [0.15, 0.2) is 42.5 Å². The lowest BCUT2D eigenvalue weighted by Crippen LogP contribution is -2.47. The maximum atomic E-state index is 12.4. The van der Waals surface area contributed by atoms with E-state index in [1.165, 1.54) is 0 Å². The average Bonchev–Trinajstić information content (AvgIpc) is 3.15. The number of anilines is 1. The van der Waals surface area contributed by atoms with Crippen molar-refractivity contribution in [3.63, 3.8) is 0 Å². The number of aryl methyl sites for hydroxylation is 1. The molecule has 4 rings (SSSR count). The number of fused-ring (bicyclic) bond motifs is 1. The number of carbonyl (C=O) groups is 2. The van der Waals surface area contributed by atoms with Crippen molar-refractivity contribution in [1.29, 1.82) is 0 Å². The summed E-state index contributed by atoms with van der Waals surface area (Å²) in [6.45, 7) is 8.26. The van der Waals surface area contributed by atoms with Crippen LogP contribution in [-0.2, 0) is 22.7 Å². The number of rotatable bonds is 7. The molecule has 33 heavy (non-hydrogen) atoms. The fourth-order valence-electron chi connectivity index (χ4n) is 4.05. The van der Waals surface area contributed by atoms with E-state index in [0.717, 1.165) is 56.1 Å². The van der Waals surface area contributed by atoms with Crippen molar-refractivity contribution in [2.45, 2.75) is 26.9 Å². The fourth-order valence-corrected chi connectivity index (χ4v) is 4.24. The highest BCUT2D eigenvalue weighted by Gasteiger charge is 2.21. The van der Waals surface area contributed by atoms with Crippen LogP contribution in [0.4, 0.5) is 5.69 Å². The Kier molecular flexibility index (Phi) is 7.15. The van der Waals surface area contributed by atoms with Crippen molar-refractivity contribution < 1.29 is 14.3 Å². The minimum atomic E-state index is -0.271. The Morgan fingerprint density at radius 1 is 1.12 bits per heavy atom. The van der Waals surface area contributed by atoms with E-state index in [1.807, 2.05) is 23.1 Å². The van der Waals surface area contributed by atoms with Crippen LogP contribution < -0.4 is 10.1 Å². The number of imidazole rings is 1. The van der Waals surface area contributed by atoms with Crippen LogP contribution >= 0.6 is 11.6 Å². The van der Waals surface area contributed by atoms with Crippen molar-refractivity contribution in [2.24, 2.45) is 0 Å². The molecule has 9 heteroatoms. The molecule has 1 aliphatic rings. The maximum absolute atomic E-state index is 12.4. The van der Waals surface area contributed by atoms with E-state index in [2.05, 4.69) is 21.7 Å². The maximum Gasteiger partial charge on any atom is 0.262 e. The van der Waals surface area contributed by atoms with Crippen LogP contribution in [-0.4, -0.2) is 64.0 Å². The molecule has 0 atom stereocenters. The number of piperazine rings is 1. The van der Waals surface area contributed by atoms with Gasteiger partial charge in [0, 0.05) is 45.3 Å². The molecule has 1 aliphatic heterocycles. The van der Waals surface area contributed by atoms with Gasteiger partial charge in [-0.05, 0) is 37.3 Å². The first-order chi connectivity index (χ1) is 15.9. The number of hydrogen-bond donors (Lipinski definition) is 1. The Morgan fingerprint density at radius 3 is 2.58 bits per heavy atom. The summed E-state index contributed by atoms with van der Waals surface area (Å²) in [7, 11) is 0. The number of ether oxygens (including phenoxy) is 1. The molecule has 3 aromatic rings. The third-order valence-corrected chi connectivity index (χ3v) is 6.12. The lowest BCUT2D eigenvalue weighted by molar-refractivity contribution is -0.130. The number of amides is 2. The van der Waals surface area contributed by atoms with Gasteiger partial charge in [-0.2, -0.15) is 0 Å². The normalized spacial score (nSPS) is 14.5. The van der Waals surface area contributed by atoms with E-state index in [9.17, 15) is 9.59 Å². The molecule has 0 aliphatic carbocycles. The SMILES string of the molecule is CCn1c(CN2CCN(C(C)=O)CC2)nc2cc(NC(=O)COc3ccccc3Cl)ccc21. The van der Waals surface area contributed by atoms with Crippen LogP contribution in [0.25, 0.3) is 11.0 Å². The first-order valence-corrected chi connectivity index (χ1v) is 11.5. The van der Waals surface area contributed by atoms with Crippen LogP contribution in [0.2, 0.25) is 5.02 Å². The van der Waals surface area contributed by atoms with Crippen LogP contribution in [0.5, 0.6) is 5.75 Å². The molecule has 1 N–H and O–H groups in total. The van der Waals surface area contributed by atoms with Crippen LogP contribution in [0.1, 0.15) is 19.7 Å². The quantitative estimate of drug-likeness (QED) is 0.573. The van der Waals surface area contributed by atoms with Gasteiger partial charge in [0.2, 0.25) is 5.91 Å². The summed E-state index contributed by atoms with van der Waals surface area (Å²) < 4.78 is 7.71. The zero-order valence-corrected chi connectivity index (χ0v) is 19.6. The molecule has 0 spiro atoms. The standard InChI is InChI=1S/C24H28ClN5O3/c1-3-30-21-9-8-18(26-24(32)16-33-22-7-5-4-6-19(22)25)14-20(21)27-23(30)15-28-10-12-29(13-11-28)17(2)31/h4-9,14H,3,10-13,15-16H2,1-2H3,(H,26,32). The van der Waals surface area contributed by atoms with Crippen molar-refractivity contribution in [1.82, 2.24) is 19.4 Å². The van der Waals surface area contributed by atoms with E-state index in [-0.39, 0.29) is 18.4 Å². The number of hydrogen-bond acceptors (Lipinski definition) is 5. The summed E-state index contributed by atoms with van der Waals surface area (Å²) in [4.78, 5) is 33.0. The van der Waals surface area contributed by atoms with E-state index in [1.54, 1.807) is 31.2 Å². The van der Waals surface area contributed by atoms with Crippen molar-refractivity contribution in [2.75, 3.05) is 38.1 Å². The van der Waals surface area contributed by atoms with E-state index < -0.39 is 0 Å². The Morgan fingerprint density at radius 2 is 1.88 bits per heavy atom. The van der Waals surface area contributed by atoms with Gasteiger partial charge < -0.3 is 19.5 Å². The second-order valence-electron chi connectivity index (χ2n) is 8.03. The summed E-state index contributed by atoms with van der Waals surface area (Å²) in [6.07, 6.45) is 0. The second kappa shape index (κ2) is 10.2. The monoisotopic (exact) mass is 469 g/mol. The molecule has 0 saturated carbocycles. The molecule has 2 heterocycles. The first kappa shape index (κ1) is 23.1. The van der Waals surface area contributed by atoms with E-state index in [0.29, 0.717) is 16.5 Å². The van der Waals surface area contributed by atoms with E-state index in [4.69, 9.17) is 21.3 Å². The predicted molar refractivity (Wildman–Crippen MR) is 129 cm³/mol. The largest absolute Gasteiger partial charge is 0.482 e. The van der Waals surface area contributed by atoms with Gasteiger partial charge in [-0.3, -0.25) is 14.5 Å². The van der Waals surface area contributed by atoms with Gasteiger partial charge in [-0.15, -0.1) is 0 Å². The fraction of sp³-hybridized carbons (Fsp3) is 0.375. The van der Waals surface area contributed by atoms with Gasteiger partial charge in [-0.25, -0.2) is 4.98 Å². The predicted octanol–water partition coefficient (Wildman–Crippen LogP) is 3.39. The lowest BCUT2D eigenvalue weighted by atomic mass is 10.2. The topological polar surface area (TPSA) is 79.7 Å². The molecule has 1 saturated heterocycles. The average molecular weight is 470 g/mol. The number of benzene rings is 2. The Bertz CT molecular complexity index is 1150. The highest BCUT2D eigenvalue weighted by Crippen LogP contribution is 2.24. The molecule has 0 radical (unpaired) electrons. The van der Waals surface area contributed by atoms with Crippen molar-refractivity contribution in [3.8, 4) is 5.75 Å². The zero-order valence-electron chi connectivity index (χ0n) is 18.9. The molecule has 2 aromatic carbocycles. The van der Waals surface area contributed by atoms with Crippen molar-refractivity contribution in [3.05, 3.63) is 53.3 Å². The van der Waals surface area contributed by atoms with Gasteiger partial charge in [0.1, 0.15) is 11.6 Å². The number of halogens is 1. The molecule has 0 unspecified atom stereocenters. The summed E-state index contributed by atoms with van der Waals surface area (Å²) >= 11 is 6.07. The summed E-state index contributed by atoms with van der Waals surface area (Å²) in [6, 6.07) is 12.8. The van der Waals surface area contributed by atoms with Gasteiger partial charge in [-0.1, -0.05) is 23.7 Å². The minimum Gasteiger partial charge on any atom is -0.482 e. The van der Waals surface area contributed by atoms with E-state index >= 15 is 0 Å². The summed E-state index contributed by atoms with van der Waals surface area (Å²) in [5.74, 6) is 1.31. The lowest BCUT2D eigenvalue weighted by Gasteiger charge is -2.33. The second-order valence-corrected chi connectivity index (χ2v) is 8.43. The minimum absolute atomic E-state index is 0.127. The molecule has 8 nitrogen and oxygen atoms in total. The van der Waals surface area contributed by atoms with Crippen molar-refractivity contribution >= 4 is 40.1 Å². The highest BCUT2D eigenvalue weighted by atomic mass is 35.5. The van der Waals surface area contributed by atoms with Crippen LogP contribution in [0.3, 0.4) is 0 Å². The molecule has 174 valence electrons. The molecule has 1 aromatic heterocycles. The first-order valence-electron chi connectivity index (χ1n) is 11.1. The highest BCUT2D eigenvalue weighted by molar-refractivity contribution is 6.32. The zero-order chi connectivity index (χ0) is 23.4. The molecule has 2 amide bonds. The number of carbonyl (C=O) groups excluding carboxylic acids is 2. The number of para-hydroxylation sites is 1. The number of aromatic nitrogens is 2. The smallest absolute Gasteiger partial charge is 0.262 e. The Labute approximate surface area is 198 Å². The summed E-state index contributed by atoms with van der Waals surface area (Å²) in [5.41, 5.74) is 2.52. The molecular weight excluding hydrogens is 442 g/mol. The van der Waals surface area contributed by atoms with Gasteiger partial charge >= 0.3 is 0 Å².